The lowest BCUT2D eigenvalue weighted by molar-refractivity contribution is 0.395. The number of hydrogen-bond donors (Lipinski definition) is 1. The summed E-state index contributed by atoms with van der Waals surface area (Å²) in [7, 11) is 0. The van der Waals surface area contributed by atoms with Crippen LogP contribution in [0.1, 0.15) is 31.6 Å². The highest BCUT2D eigenvalue weighted by Crippen LogP contribution is 2.28. The van der Waals surface area contributed by atoms with E-state index in [-0.39, 0.29) is 5.54 Å². The molecule has 0 aromatic carbocycles. The molecule has 0 aliphatic heterocycles. The zero-order valence-corrected chi connectivity index (χ0v) is 10.5. The molecule has 0 bridgehead atoms. The second-order valence-corrected chi connectivity index (χ2v) is 5.29. The van der Waals surface area contributed by atoms with Gasteiger partial charge in [-0.1, -0.05) is 13.8 Å². The molecule has 0 radical (unpaired) electrons. The van der Waals surface area contributed by atoms with E-state index in [2.05, 4.69) is 41.2 Å². The lowest BCUT2D eigenvalue weighted by atomic mass is 9.90. The second-order valence-electron chi connectivity index (χ2n) is 3.44. The van der Waals surface area contributed by atoms with Crippen molar-refractivity contribution in [3.63, 3.8) is 0 Å². The Kier molecular flexibility index (Phi) is 3.95. The molecule has 0 fully saturated rings. The average Bonchev–Trinajstić information content (AvgIpc) is 2.52. The van der Waals surface area contributed by atoms with Crippen LogP contribution in [0.25, 0.3) is 0 Å². The maximum Gasteiger partial charge on any atom is 0.0315 e. The minimum absolute atomic E-state index is 0.0205. The van der Waals surface area contributed by atoms with E-state index < -0.39 is 0 Å². The Morgan fingerprint density at radius 1 is 1.46 bits per heavy atom. The van der Waals surface area contributed by atoms with Gasteiger partial charge in [0.2, 0.25) is 0 Å². The lowest BCUT2D eigenvalue weighted by Crippen LogP contribution is -2.40. The zero-order valence-electron chi connectivity index (χ0n) is 8.14. The number of halogens is 1. The molecule has 1 aromatic heterocycles. The third-order valence-electron chi connectivity index (χ3n) is 2.61. The molecule has 0 unspecified atom stereocenters. The van der Waals surface area contributed by atoms with Gasteiger partial charge in [-0.05, 0) is 40.2 Å². The Morgan fingerprint density at radius 3 is 2.46 bits per heavy atom. The van der Waals surface area contributed by atoms with Crippen molar-refractivity contribution in [2.45, 2.75) is 38.6 Å². The van der Waals surface area contributed by atoms with E-state index >= 15 is 0 Å². The first-order valence-corrected chi connectivity index (χ1v) is 6.29. The minimum atomic E-state index is -0.0205. The number of thiophene rings is 1. The summed E-state index contributed by atoms with van der Waals surface area (Å²) in [5.41, 5.74) is 6.22. The van der Waals surface area contributed by atoms with E-state index in [9.17, 15) is 0 Å². The molecule has 0 amide bonds. The van der Waals surface area contributed by atoms with Crippen molar-refractivity contribution in [3.05, 3.63) is 20.8 Å². The Bertz CT molecular complexity index is 266. The summed E-state index contributed by atoms with van der Waals surface area (Å²) < 4.78 is 1.20. The first kappa shape index (κ1) is 11.2. The summed E-state index contributed by atoms with van der Waals surface area (Å²) in [6.07, 6.45) is 3.06. The van der Waals surface area contributed by atoms with Crippen LogP contribution in [0, 0.1) is 0 Å². The van der Waals surface area contributed by atoms with Crippen molar-refractivity contribution in [2.75, 3.05) is 0 Å². The molecule has 0 aliphatic rings. The van der Waals surface area contributed by atoms with Crippen molar-refractivity contribution in [3.8, 4) is 0 Å². The van der Waals surface area contributed by atoms with Gasteiger partial charge < -0.3 is 5.73 Å². The van der Waals surface area contributed by atoms with Gasteiger partial charge in [-0.15, -0.1) is 11.3 Å². The third-order valence-corrected chi connectivity index (χ3v) is 4.54. The molecule has 0 saturated carbocycles. The van der Waals surface area contributed by atoms with Crippen LogP contribution in [0.3, 0.4) is 0 Å². The lowest BCUT2D eigenvalue weighted by Gasteiger charge is -2.26. The van der Waals surface area contributed by atoms with Gasteiger partial charge in [0.25, 0.3) is 0 Å². The van der Waals surface area contributed by atoms with Crippen LogP contribution < -0.4 is 5.73 Å². The Morgan fingerprint density at radius 2 is 2.08 bits per heavy atom. The summed E-state index contributed by atoms with van der Waals surface area (Å²) in [5.74, 6) is 0. The Labute approximate surface area is 92.5 Å². The summed E-state index contributed by atoms with van der Waals surface area (Å²) in [5, 5.41) is 2.10. The monoisotopic (exact) mass is 261 g/mol. The van der Waals surface area contributed by atoms with Crippen molar-refractivity contribution >= 4 is 27.3 Å². The Hall–Kier alpha value is 0.140. The van der Waals surface area contributed by atoms with E-state index in [0.29, 0.717) is 0 Å². The van der Waals surface area contributed by atoms with Crippen molar-refractivity contribution in [2.24, 2.45) is 5.73 Å². The molecule has 74 valence electrons. The van der Waals surface area contributed by atoms with E-state index in [1.54, 1.807) is 11.3 Å². The summed E-state index contributed by atoms with van der Waals surface area (Å²) in [4.78, 5) is 1.37. The van der Waals surface area contributed by atoms with Gasteiger partial charge in [-0.3, -0.25) is 0 Å². The highest BCUT2D eigenvalue weighted by atomic mass is 79.9. The van der Waals surface area contributed by atoms with E-state index in [1.807, 2.05) is 0 Å². The molecule has 1 aromatic rings. The molecular weight excluding hydrogens is 246 g/mol. The van der Waals surface area contributed by atoms with E-state index in [4.69, 9.17) is 5.73 Å². The van der Waals surface area contributed by atoms with Gasteiger partial charge in [0.15, 0.2) is 0 Å². The molecule has 3 heteroatoms. The van der Waals surface area contributed by atoms with Gasteiger partial charge in [0.05, 0.1) is 0 Å². The standard InChI is InChI=1S/C10H16BrNS/c1-3-10(12,4-2)7-9-8(11)5-6-13-9/h5-6H,3-4,7,12H2,1-2H3. The molecule has 2 N–H and O–H groups in total. The largest absolute Gasteiger partial charge is 0.325 e. The fraction of sp³-hybridized carbons (Fsp3) is 0.600. The van der Waals surface area contributed by atoms with Crippen molar-refractivity contribution in [1.82, 2.24) is 0 Å². The highest BCUT2D eigenvalue weighted by Gasteiger charge is 2.22. The molecule has 1 nitrogen and oxygen atoms in total. The van der Waals surface area contributed by atoms with Crippen LogP contribution in [0.4, 0.5) is 0 Å². The Balaban J connectivity index is 2.73. The molecule has 0 saturated heterocycles. The third kappa shape index (κ3) is 2.79. The average molecular weight is 262 g/mol. The van der Waals surface area contributed by atoms with Gasteiger partial charge in [-0.2, -0.15) is 0 Å². The molecule has 0 spiro atoms. The van der Waals surface area contributed by atoms with Gasteiger partial charge >= 0.3 is 0 Å². The summed E-state index contributed by atoms with van der Waals surface area (Å²) >= 11 is 5.31. The van der Waals surface area contributed by atoms with Crippen molar-refractivity contribution < 1.29 is 0 Å². The molecular formula is C10H16BrNS. The predicted molar refractivity (Wildman–Crippen MR) is 63.2 cm³/mol. The molecule has 1 rings (SSSR count). The maximum atomic E-state index is 6.24. The van der Waals surface area contributed by atoms with Gasteiger partial charge in [0, 0.05) is 21.3 Å². The van der Waals surface area contributed by atoms with Crippen LogP contribution in [-0.2, 0) is 6.42 Å². The SMILES string of the molecule is CCC(N)(CC)Cc1sccc1Br. The molecule has 0 atom stereocenters. The van der Waals surface area contributed by atoms with Gasteiger partial charge in [-0.25, -0.2) is 0 Å². The van der Waals surface area contributed by atoms with Crippen LogP contribution >= 0.6 is 27.3 Å². The molecule has 1 heterocycles. The molecule has 13 heavy (non-hydrogen) atoms. The van der Waals surface area contributed by atoms with E-state index in [1.165, 1.54) is 9.35 Å². The summed E-state index contributed by atoms with van der Waals surface area (Å²) in [6, 6.07) is 2.09. The van der Waals surface area contributed by atoms with Crippen LogP contribution in [0.5, 0.6) is 0 Å². The minimum Gasteiger partial charge on any atom is -0.325 e. The summed E-state index contributed by atoms with van der Waals surface area (Å²) in [6.45, 7) is 4.32. The fourth-order valence-electron chi connectivity index (χ4n) is 1.27. The smallest absolute Gasteiger partial charge is 0.0315 e. The number of nitrogens with two attached hydrogens (primary N) is 1. The maximum absolute atomic E-state index is 6.24. The van der Waals surface area contributed by atoms with Crippen LogP contribution in [0.2, 0.25) is 0 Å². The van der Waals surface area contributed by atoms with E-state index in [0.717, 1.165) is 19.3 Å². The number of hydrogen-bond acceptors (Lipinski definition) is 2. The van der Waals surface area contributed by atoms with Crippen LogP contribution in [-0.4, -0.2) is 5.54 Å². The number of rotatable bonds is 4. The first-order valence-electron chi connectivity index (χ1n) is 4.62. The predicted octanol–water partition coefficient (Wildman–Crippen LogP) is 3.57. The topological polar surface area (TPSA) is 26.0 Å². The quantitative estimate of drug-likeness (QED) is 0.882. The normalized spacial score (nSPS) is 12.0. The van der Waals surface area contributed by atoms with Crippen LogP contribution in [0.15, 0.2) is 15.9 Å². The first-order chi connectivity index (χ1) is 6.11. The van der Waals surface area contributed by atoms with Gasteiger partial charge in [0.1, 0.15) is 0 Å². The fourth-order valence-corrected chi connectivity index (χ4v) is 2.92. The zero-order chi connectivity index (χ0) is 9.90. The second kappa shape index (κ2) is 4.58. The highest BCUT2D eigenvalue weighted by molar-refractivity contribution is 9.10. The van der Waals surface area contributed by atoms with Crippen molar-refractivity contribution in [1.29, 1.82) is 0 Å². The molecule has 0 aliphatic carbocycles.